The summed E-state index contributed by atoms with van der Waals surface area (Å²) in [6.07, 6.45) is 0.684. The number of aromatic nitrogens is 1. The molecule has 0 amide bonds. The van der Waals surface area contributed by atoms with E-state index in [-0.39, 0.29) is 11.8 Å². The van der Waals surface area contributed by atoms with Crippen molar-refractivity contribution in [3.63, 3.8) is 0 Å². The molecule has 0 atom stereocenters. The van der Waals surface area contributed by atoms with Crippen molar-refractivity contribution in [3.05, 3.63) is 41.5 Å². The molecule has 0 saturated carbocycles. The molecule has 0 saturated heterocycles. The van der Waals surface area contributed by atoms with Crippen LogP contribution in [-0.4, -0.2) is 21.1 Å². The number of nitrogens with zero attached hydrogens (tertiary/aromatic N) is 1. The van der Waals surface area contributed by atoms with Gasteiger partial charge in [-0.25, -0.2) is 0 Å². The number of rotatable bonds is 2. The summed E-state index contributed by atoms with van der Waals surface area (Å²) in [6, 6.07) is 8.17. The molecule has 0 fully saturated rings. The summed E-state index contributed by atoms with van der Waals surface area (Å²) in [7, 11) is 0. The molecule has 0 radical (unpaired) electrons. The van der Waals surface area contributed by atoms with Gasteiger partial charge in [0, 0.05) is 17.2 Å². The minimum Gasteiger partial charge on any atom is -0.494 e. The molecule has 2 rings (SSSR count). The lowest BCUT2D eigenvalue weighted by molar-refractivity contribution is 0.112. The SMILES string of the molecule is Cc1cc(O)n(-c2ccccc2C=O)c1O. The van der Waals surface area contributed by atoms with E-state index in [1.54, 1.807) is 31.2 Å². The zero-order chi connectivity index (χ0) is 11.7. The van der Waals surface area contributed by atoms with Crippen LogP contribution in [-0.2, 0) is 0 Å². The van der Waals surface area contributed by atoms with Crippen molar-refractivity contribution in [3.8, 4) is 17.4 Å². The number of carbonyl (C=O) groups is 1. The van der Waals surface area contributed by atoms with E-state index in [1.165, 1.54) is 10.6 Å². The number of benzene rings is 1. The first-order valence-electron chi connectivity index (χ1n) is 4.80. The van der Waals surface area contributed by atoms with E-state index in [0.717, 1.165) is 0 Å². The molecule has 1 aromatic heterocycles. The Morgan fingerprint density at radius 1 is 1.25 bits per heavy atom. The third-order valence-corrected chi connectivity index (χ3v) is 2.44. The third kappa shape index (κ3) is 1.44. The number of aldehydes is 1. The molecule has 0 aliphatic rings. The Balaban J connectivity index is 2.71. The third-order valence-electron chi connectivity index (χ3n) is 2.44. The first-order valence-corrected chi connectivity index (χ1v) is 4.80. The average Bonchev–Trinajstić information content (AvgIpc) is 2.53. The Morgan fingerprint density at radius 2 is 1.94 bits per heavy atom. The predicted octanol–water partition coefficient (Wildman–Crippen LogP) is 2.01. The van der Waals surface area contributed by atoms with Crippen LogP contribution in [0.5, 0.6) is 11.8 Å². The summed E-state index contributed by atoms with van der Waals surface area (Å²) in [4.78, 5) is 10.9. The fraction of sp³-hybridized carbons (Fsp3) is 0.0833. The number of hydrogen-bond donors (Lipinski definition) is 2. The Kier molecular flexibility index (Phi) is 2.40. The fourth-order valence-corrected chi connectivity index (χ4v) is 1.64. The molecule has 82 valence electrons. The van der Waals surface area contributed by atoms with E-state index in [9.17, 15) is 15.0 Å². The summed E-state index contributed by atoms with van der Waals surface area (Å²) < 4.78 is 1.24. The Bertz CT molecular complexity index is 543. The number of aryl methyl sites for hydroxylation is 1. The van der Waals surface area contributed by atoms with Gasteiger partial charge in [-0.1, -0.05) is 12.1 Å². The van der Waals surface area contributed by atoms with Crippen LogP contribution >= 0.6 is 0 Å². The van der Waals surface area contributed by atoms with Gasteiger partial charge in [0.2, 0.25) is 5.88 Å². The zero-order valence-corrected chi connectivity index (χ0v) is 8.71. The molecule has 1 aromatic carbocycles. The molecule has 0 aliphatic heterocycles. The number of carbonyl (C=O) groups excluding carboxylic acids is 1. The minimum absolute atomic E-state index is 0.0631. The van der Waals surface area contributed by atoms with Gasteiger partial charge in [-0.15, -0.1) is 0 Å². The summed E-state index contributed by atoms with van der Waals surface area (Å²) in [5, 5.41) is 19.5. The van der Waals surface area contributed by atoms with Gasteiger partial charge in [-0.3, -0.25) is 9.36 Å². The van der Waals surface area contributed by atoms with Crippen molar-refractivity contribution >= 4 is 6.29 Å². The summed E-state index contributed by atoms with van der Waals surface area (Å²) in [6.45, 7) is 1.68. The van der Waals surface area contributed by atoms with E-state index in [0.29, 0.717) is 23.1 Å². The Labute approximate surface area is 92.4 Å². The van der Waals surface area contributed by atoms with E-state index in [4.69, 9.17) is 0 Å². The molecule has 16 heavy (non-hydrogen) atoms. The average molecular weight is 217 g/mol. The monoisotopic (exact) mass is 217 g/mol. The van der Waals surface area contributed by atoms with Crippen molar-refractivity contribution in [1.29, 1.82) is 0 Å². The van der Waals surface area contributed by atoms with E-state index >= 15 is 0 Å². The van der Waals surface area contributed by atoms with Gasteiger partial charge in [0.25, 0.3) is 0 Å². The Morgan fingerprint density at radius 3 is 2.50 bits per heavy atom. The number of aromatic hydroxyl groups is 2. The molecule has 4 heteroatoms. The van der Waals surface area contributed by atoms with E-state index in [2.05, 4.69) is 0 Å². The number of para-hydroxylation sites is 1. The maximum Gasteiger partial charge on any atom is 0.201 e. The topological polar surface area (TPSA) is 62.5 Å². The van der Waals surface area contributed by atoms with Crippen LogP contribution in [0.25, 0.3) is 5.69 Å². The van der Waals surface area contributed by atoms with Crippen LogP contribution in [0.1, 0.15) is 15.9 Å². The molecule has 0 unspecified atom stereocenters. The van der Waals surface area contributed by atoms with Gasteiger partial charge in [-0.2, -0.15) is 0 Å². The quantitative estimate of drug-likeness (QED) is 0.756. The van der Waals surface area contributed by atoms with Gasteiger partial charge < -0.3 is 10.2 Å². The van der Waals surface area contributed by atoms with Crippen molar-refractivity contribution in [2.24, 2.45) is 0 Å². The molecular weight excluding hydrogens is 206 g/mol. The van der Waals surface area contributed by atoms with Crippen LogP contribution in [0.2, 0.25) is 0 Å². The summed E-state index contributed by atoms with van der Waals surface area (Å²) >= 11 is 0. The fourth-order valence-electron chi connectivity index (χ4n) is 1.64. The van der Waals surface area contributed by atoms with E-state index < -0.39 is 0 Å². The highest BCUT2D eigenvalue weighted by Crippen LogP contribution is 2.31. The second-order valence-corrected chi connectivity index (χ2v) is 3.52. The van der Waals surface area contributed by atoms with Gasteiger partial charge in [0.15, 0.2) is 12.2 Å². The molecule has 0 aliphatic carbocycles. The molecule has 0 bridgehead atoms. The van der Waals surface area contributed by atoms with Gasteiger partial charge in [0.05, 0.1) is 5.69 Å². The van der Waals surface area contributed by atoms with Gasteiger partial charge >= 0.3 is 0 Å². The second kappa shape index (κ2) is 3.73. The van der Waals surface area contributed by atoms with Crippen molar-refractivity contribution < 1.29 is 15.0 Å². The van der Waals surface area contributed by atoms with Gasteiger partial charge in [-0.05, 0) is 19.1 Å². The molecule has 2 N–H and O–H groups in total. The molecule has 1 heterocycles. The lowest BCUT2D eigenvalue weighted by atomic mass is 10.2. The molecule has 4 nitrogen and oxygen atoms in total. The highest BCUT2D eigenvalue weighted by Gasteiger charge is 2.14. The lowest BCUT2D eigenvalue weighted by Crippen LogP contribution is -1.97. The van der Waals surface area contributed by atoms with Gasteiger partial charge in [0.1, 0.15) is 0 Å². The highest BCUT2D eigenvalue weighted by atomic mass is 16.3. The maximum absolute atomic E-state index is 10.9. The highest BCUT2D eigenvalue weighted by molar-refractivity contribution is 5.81. The standard InChI is InChI=1S/C12H11NO3/c1-8-6-11(15)13(12(8)16)10-5-3-2-4-9(10)7-14/h2-7,15-16H,1H3. The second-order valence-electron chi connectivity index (χ2n) is 3.52. The lowest BCUT2D eigenvalue weighted by Gasteiger charge is -2.08. The molecular formula is C12H11NO3. The molecule has 2 aromatic rings. The van der Waals surface area contributed by atoms with Crippen LogP contribution in [0.3, 0.4) is 0 Å². The van der Waals surface area contributed by atoms with Crippen molar-refractivity contribution in [1.82, 2.24) is 4.57 Å². The van der Waals surface area contributed by atoms with Crippen LogP contribution in [0.4, 0.5) is 0 Å². The zero-order valence-electron chi connectivity index (χ0n) is 8.71. The smallest absolute Gasteiger partial charge is 0.201 e. The maximum atomic E-state index is 10.9. The first kappa shape index (κ1) is 10.3. The van der Waals surface area contributed by atoms with Crippen LogP contribution < -0.4 is 0 Å². The summed E-state index contributed by atoms with van der Waals surface area (Å²) in [5.41, 5.74) is 1.42. The van der Waals surface area contributed by atoms with Crippen molar-refractivity contribution in [2.75, 3.05) is 0 Å². The van der Waals surface area contributed by atoms with E-state index in [1.807, 2.05) is 0 Å². The number of hydrogen-bond acceptors (Lipinski definition) is 3. The molecule has 0 spiro atoms. The first-order chi connectivity index (χ1) is 7.65. The van der Waals surface area contributed by atoms with Crippen molar-refractivity contribution in [2.45, 2.75) is 6.92 Å². The minimum atomic E-state index is -0.0932. The Hall–Kier alpha value is -2.23. The predicted molar refractivity (Wildman–Crippen MR) is 59.2 cm³/mol. The largest absolute Gasteiger partial charge is 0.494 e. The normalized spacial score (nSPS) is 10.3. The van der Waals surface area contributed by atoms with Crippen LogP contribution in [0, 0.1) is 6.92 Å². The summed E-state index contributed by atoms with van der Waals surface area (Å²) in [5.74, 6) is -0.156. The van der Waals surface area contributed by atoms with Crippen LogP contribution in [0.15, 0.2) is 30.3 Å².